The molecule has 1 aromatic carbocycles. The average molecular weight is 388 g/mol. The molecule has 0 saturated carbocycles. The van der Waals surface area contributed by atoms with Gasteiger partial charge >= 0.3 is 0 Å². The second-order valence-electron chi connectivity index (χ2n) is 6.86. The Hall–Kier alpha value is -2.48. The number of benzene rings is 1. The number of aromatic nitrogens is 2. The van der Waals surface area contributed by atoms with Crippen molar-refractivity contribution in [3.05, 3.63) is 47.4 Å². The van der Waals surface area contributed by atoms with Crippen molar-refractivity contribution in [1.29, 1.82) is 0 Å². The zero-order valence-electron chi connectivity index (χ0n) is 15.8. The van der Waals surface area contributed by atoms with Gasteiger partial charge in [-0.2, -0.15) is 0 Å². The van der Waals surface area contributed by atoms with Gasteiger partial charge < -0.3 is 10.2 Å². The first-order chi connectivity index (χ1) is 12.8. The van der Waals surface area contributed by atoms with Crippen LogP contribution in [0.15, 0.2) is 30.6 Å². The molecular weight excluding hydrogens is 364 g/mol. The molecule has 1 unspecified atom stereocenters. The minimum Gasteiger partial charge on any atom is -0.339 e. The second-order valence-corrected chi connectivity index (χ2v) is 9.09. The number of nitrogens with one attached hydrogen (secondary N) is 1. The molecule has 2 heterocycles. The van der Waals surface area contributed by atoms with Crippen LogP contribution in [0.3, 0.4) is 0 Å². The van der Waals surface area contributed by atoms with Crippen LogP contribution < -0.4 is 5.32 Å². The molecule has 3 rings (SSSR count). The van der Waals surface area contributed by atoms with Crippen LogP contribution in [-0.4, -0.2) is 53.3 Å². The van der Waals surface area contributed by atoms with Gasteiger partial charge in [0.1, 0.15) is 11.5 Å². The molecule has 0 radical (unpaired) electrons. The Morgan fingerprint density at radius 2 is 2.00 bits per heavy atom. The third kappa shape index (κ3) is 4.44. The Morgan fingerprint density at radius 1 is 1.22 bits per heavy atom. The Labute approximate surface area is 159 Å². The van der Waals surface area contributed by atoms with Crippen molar-refractivity contribution in [2.75, 3.05) is 23.4 Å². The summed E-state index contributed by atoms with van der Waals surface area (Å²) >= 11 is 0. The number of carbonyl (C=O) groups excluding carboxylic acids is 1. The summed E-state index contributed by atoms with van der Waals surface area (Å²) in [6.07, 6.45) is 3.42. The first-order valence-corrected chi connectivity index (χ1v) is 10.8. The number of hydrogen-bond donors (Lipinski definition) is 1. The quantitative estimate of drug-likeness (QED) is 0.846. The average Bonchev–Trinajstić information content (AvgIpc) is 2.99. The molecule has 0 bridgehead atoms. The molecule has 1 aliphatic heterocycles. The van der Waals surface area contributed by atoms with Crippen LogP contribution in [0.4, 0.5) is 11.5 Å². The standard InChI is InChI=1S/C19H24N4O3S/c1-4-23(16-7-8-27(25,26)12-16)19(24)17-10-21-18(11-20-17)22-15-6-5-13(2)14(3)9-15/h5-6,9-11,16H,4,7-8,12H2,1-3H3,(H,21,22). The number of aryl methyl sites for hydroxylation is 2. The first-order valence-electron chi connectivity index (χ1n) is 8.97. The molecule has 7 nitrogen and oxygen atoms in total. The van der Waals surface area contributed by atoms with Crippen LogP contribution in [0.1, 0.15) is 35.0 Å². The minimum absolute atomic E-state index is 0.0203. The summed E-state index contributed by atoms with van der Waals surface area (Å²) in [6, 6.07) is 5.72. The van der Waals surface area contributed by atoms with Gasteiger partial charge in [-0.1, -0.05) is 6.07 Å². The van der Waals surface area contributed by atoms with Gasteiger partial charge in [0.2, 0.25) is 0 Å². The van der Waals surface area contributed by atoms with Gasteiger partial charge in [-0.05, 0) is 50.5 Å². The highest BCUT2D eigenvalue weighted by atomic mass is 32.2. The maximum absolute atomic E-state index is 12.7. The molecule has 1 saturated heterocycles. The lowest BCUT2D eigenvalue weighted by Crippen LogP contribution is -2.41. The highest BCUT2D eigenvalue weighted by molar-refractivity contribution is 7.91. The van der Waals surface area contributed by atoms with E-state index < -0.39 is 9.84 Å². The van der Waals surface area contributed by atoms with E-state index >= 15 is 0 Å². The summed E-state index contributed by atoms with van der Waals surface area (Å²) in [4.78, 5) is 22.8. The topological polar surface area (TPSA) is 92.3 Å². The lowest BCUT2D eigenvalue weighted by molar-refractivity contribution is 0.0702. The van der Waals surface area contributed by atoms with Crippen LogP contribution >= 0.6 is 0 Å². The molecule has 0 spiro atoms. The predicted octanol–water partition coefficient (Wildman–Crippen LogP) is 2.49. The van der Waals surface area contributed by atoms with E-state index in [-0.39, 0.29) is 29.1 Å². The van der Waals surface area contributed by atoms with Crippen molar-refractivity contribution in [3.63, 3.8) is 0 Å². The van der Waals surface area contributed by atoms with E-state index in [1.165, 1.54) is 23.5 Å². The monoisotopic (exact) mass is 388 g/mol. The smallest absolute Gasteiger partial charge is 0.274 e. The van der Waals surface area contributed by atoms with Crippen LogP contribution in [-0.2, 0) is 9.84 Å². The van der Waals surface area contributed by atoms with E-state index in [9.17, 15) is 13.2 Å². The van der Waals surface area contributed by atoms with Gasteiger partial charge in [0.25, 0.3) is 5.91 Å². The van der Waals surface area contributed by atoms with Gasteiger partial charge in [0.05, 0.1) is 23.9 Å². The fourth-order valence-corrected chi connectivity index (χ4v) is 4.94. The summed E-state index contributed by atoms with van der Waals surface area (Å²) in [5.41, 5.74) is 3.50. The second kappa shape index (κ2) is 7.64. The fraction of sp³-hybridized carbons (Fsp3) is 0.421. The lowest BCUT2D eigenvalue weighted by Gasteiger charge is -2.26. The van der Waals surface area contributed by atoms with Crippen molar-refractivity contribution >= 4 is 27.2 Å². The van der Waals surface area contributed by atoms with Crippen LogP contribution in [0, 0.1) is 13.8 Å². The highest BCUT2D eigenvalue weighted by Gasteiger charge is 2.34. The molecule has 1 aliphatic rings. The van der Waals surface area contributed by atoms with Crippen LogP contribution in [0.2, 0.25) is 0 Å². The number of amides is 1. The summed E-state index contributed by atoms with van der Waals surface area (Å²) in [6.45, 7) is 6.36. The van der Waals surface area contributed by atoms with Crippen molar-refractivity contribution in [2.24, 2.45) is 0 Å². The van der Waals surface area contributed by atoms with E-state index in [0.717, 1.165) is 5.69 Å². The van der Waals surface area contributed by atoms with Gasteiger partial charge in [-0.3, -0.25) is 4.79 Å². The lowest BCUT2D eigenvalue weighted by atomic mass is 10.1. The molecule has 1 N–H and O–H groups in total. The molecule has 27 heavy (non-hydrogen) atoms. The zero-order valence-corrected chi connectivity index (χ0v) is 16.6. The van der Waals surface area contributed by atoms with Crippen molar-refractivity contribution in [2.45, 2.75) is 33.2 Å². The predicted molar refractivity (Wildman–Crippen MR) is 105 cm³/mol. The summed E-state index contributed by atoms with van der Waals surface area (Å²) < 4.78 is 23.4. The van der Waals surface area contributed by atoms with Crippen molar-refractivity contribution in [1.82, 2.24) is 14.9 Å². The van der Waals surface area contributed by atoms with Crippen molar-refractivity contribution in [3.8, 4) is 0 Å². The molecule has 2 aromatic rings. The number of rotatable bonds is 5. The molecule has 1 aromatic heterocycles. The minimum atomic E-state index is -3.05. The van der Waals surface area contributed by atoms with Gasteiger partial charge in [0.15, 0.2) is 9.84 Å². The normalized spacial score (nSPS) is 18.3. The molecule has 1 atom stereocenters. The number of sulfone groups is 1. The maximum atomic E-state index is 12.7. The van der Waals surface area contributed by atoms with E-state index in [1.54, 1.807) is 4.90 Å². The Bertz CT molecular complexity index is 942. The largest absolute Gasteiger partial charge is 0.339 e. The molecule has 0 aliphatic carbocycles. The fourth-order valence-electron chi connectivity index (χ4n) is 3.21. The van der Waals surface area contributed by atoms with Gasteiger partial charge in [-0.25, -0.2) is 18.4 Å². The third-order valence-corrected chi connectivity index (χ3v) is 6.65. The van der Waals surface area contributed by atoms with E-state index in [4.69, 9.17) is 0 Å². The molecule has 1 amide bonds. The Balaban J connectivity index is 1.72. The Kier molecular flexibility index (Phi) is 5.46. The maximum Gasteiger partial charge on any atom is 0.274 e. The third-order valence-electron chi connectivity index (χ3n) is 4.90. The summed E-state index contributed by atoms with van der Waals surface area (Å²) in [5, 5.41) is 3.17. The SMILES string of the molecule is CCN(C(=O)c1cnc(Nc2ccc(C)c(C)c2)cn1)C1CCS(=O)(=O)C1. The van der Waals surface area contributed by atoms with Gasteiger partial charge in [0, 0.05) is 18.3 Å². The first kappa shape index (κ1) is 19.3. The van der Waals surface area contributed by atoms with E-state index in [2.05, 4.69) is 15.3 Å². The van der Waals surface area contributed by atoms with Crippen LogP contribution in [0.5, 0.6) is 0 Å². The number of carbonyl (C=O) groups is 1. The Morgan fingerprint density at radius 3 is 2.56 bits per heavy atom. The summed E-state index contributed by atoms with van der Waals surface area (Å²) in [7, 11) is -3.05. The zero-order chi connectivity index (χ0) is 19.6. The summed E-state index contributed by atoms with van der Waals surface area (Å²) in [5.74, 6) is 0.407. The molecule has 144 valence electrons. The van der Waals surface area contributed by atoms with Crippen molar-refractivity contribution < 1.29 is 13.2 Å². The van der Waals surface area contributed by atoms with Gasteiger partial charge in [-0.15, -0.1) is 0 Å². The molecular formula is C19H24N4O3S. The van der Waals surface area contributed by atoms with E-state index in [1.807, 2.05) is 39.0 Å². The number of hydrogen-bond acceptors (Lipinski definition) is 6. The molecule has 1 fully saturated rings. The van der Waals surface area contributed by atoms with Crippen LogP contribution in [0.25, 0.3) is 0 Å². The van der Waals surface area contributed by atoms with E-state index in [0.29, 0.717) is 18.8 Å². The number of nitrogens with zero attached hydrogens (tertiary/aromatic N) is 3. The molecule has 8 heteroatoms. The highest BCUT2D eigenvalue weighted by Crippen LogP contribution is 2.20. The number of anilines is 2.